The lowest BCUT2D eigenvalue weighted by molar-refractivity contribution is -0.129. The standard InChI is InChI=1S/C20H21N3O3/c1-14-7-6-10-18-22-17(13-23(14)18)20(25)26-15(2)19(24)21-12-11-16-8-4-3-5-9-16/h3-10,13,15H,11-12H2,1-2H3,(H,21,24)/t15-/m0/s1. The number of aromatic nitrogens is 2. The number of fused-ring (bicyclic) bond motifs is 1. The minimum Gasteiger partial charge on any atom is -0.448 e. The summed E-state index contributed by atoms with van der Waals surface area (Å²) in [5.41, 5.74) is 2.94. The van der Waals surface area contributed by atoms with Gasteiger partial charge in [-0.3, -0.25) is 4.79 Å². The quantitative estimate of drug-likeness (QED) is 0.693. The number of aryl methyl sites for hydroxylation is 1. The van der Waals surface area contributed by atoms with Gasteiger partial charge in [-0.05, 0) is 38.0 Å². The molecule has 0 radical (unpaired) electrons. The van der Waals surface area contributed by atoms with Crippen molar-refractivity contribution in [1.82, 2.24) is 14.7 Å². The van der Waals surface area contributed by atoms with Crippen molar-refractivity contribution in [3.8, 4) is 0 Å². The van der Waals surface area contributed by atoms with Gasteiger partial charge in [0.15, 0.2) is 11.8 Å². The summed E-state index contributed by atoms with van der Waals surface area (Å²) in [6, 6.07) is 15.5. The molecule has 2 heterocycles. The Kier molecular flexibility index (Phi) is 5.31. The van der Waals surface area contributed by atoms with Crippen molar-refractivity contribution >= 4 is 17.5 Å². The van der Waals surface area contributed by atoms with Gasteiger partial charge in [-0.1, -0.05) is 36.4 Å². The van der Waals surface area contributed by atoms with Crippen LogP contribution in [0.5, 0.6) is 0 Å². The van der Waals surface area contributed by atoms with Crippen LogP contribution in [0.25, 0.3) is 5.65 Å². The highest BCUT2D eigenvalue weighted by Gasteiger charge is 2.20. The smallest absolute Gasteiger partial charge is 0.359 e. The largest absolute Gasteiger partial charge is 0.448 e. The molecule has 2 aromatic heterocycles. The molecule has 6 heteroatoms. The third-order valence-corrected chi connectivity index (χ3v) is 4.11. The summed E-state index contributed by atoms with van der Waals surface area (Å²) in [5, 5.41) is 2.78. The summed E-state index contributed by atoms with van der Waals surface area (Å²) in [5.74, 6) is -0.937. The predicted molar refractivity (Wildman–Crippen MR) is 98.0 cm³/mol. The average Bonchev–Trinajstić information content (AvgIpc) is 3.08. The third kappa shape index (κ3) is 4.08. The molecule has 0 saturated carbocycles. The van der Waals surface area contributed by atoms with Crippen molar-refractivity contribution in [2.45, 2.75) is 26.4 Å². The Morgan fingerprint density at radius 2 is 1.92 bits per heavy atom. The first-order valence-electron chi connectivity index (χ1n) is 8.52. The normalized spacial score (nSPS) is 11.9. The molecule has 0 fully saturated rings. The maximum atomic E-state index is 12.3. The lowest BCUT2D eigenvalue weighted by atomic mass is 10.1. The van der Waals surface area contributed by atoms with Crippen molar-refractivity contribution < 1.29 is 14.3 Å². The van der Waals surface area contributed by atoms with Gasteiger partial charge < -0.3 is 14.5 Å². The van der Waals surface area contributed by atoms with Crippen LogP contribution in [0.4, 0.5) is 0 Å². The van der Waals surface area contributed by atoms with Crippen LogP contribution >= 0.6 is 0 Å². The SMILES string of the molecule is Cc1cccc2nc(C(=O)O[C@@H](C)C(=O)NCCc3ccccc3)cn12. The number of benzene rings is 1. The number of pyridine rings is 1. The summed E-state index contributed by atoms with van der Waals surface area (Å²) < 4.78 is 7.05. The highest BCUT2D eigenvalue weighted by atomic mass is 16.5. The molecule has 0 bridgehead atoms. The van der Waals surface area contributed by atoms with Crippen molar-refractivity contribution in [3.05, 3.63) is 71.7 Å². The first-order chi connectivity index (χ1) is 12.5. The van der Waals surface area contributed by atoms with Crippen LogP contribution in [0.3, 0.4) is 0 Å². The number of hydrogen-bond acceptors (Lipinski definition) is 4. The van der Waals surface area contributed by atoms with E-state index in [-0.39, 0.29) is 11.6 Å². The van der Waals surface area contributed by atoms with Crippen molar-refractivity contribution in [3.63, 3.8) is 0 Å². The second-order valence-electron chi connectivity index (χ2n) is 6.10. The molecular weight excluding hydrogens is 330 g/mol. The number of carbonyl (C=O) groups is 2. The summed E-state index contributed by atoms with van der Waals surface area (Å²) >= 11 is 0. The van der Waals surface area contributed by atoms with Crippen molar-refractivity contribution in [2.24, 2.45) is 0 Å². The molecule has 3 aromatic rings. The topological polar surface area (TPSA) is 72.7 Å². The van der Waals surface area contributed by atoms with Gasteiger partial charge in [0, 0.05) is 18.4 Å². The molecule has 0 aliphatic rings. The average molecular weight is 351 g/mol. The molecule has 1 aromatic carbocycles. The minimum absolute atomic E-state index is 0.184. The Hall–Kier alpha value is -3.15. The van der Waals surface area contributed by atoms with Crippen LogP contribution in [-0.2, 0) is 16.0 Å². The summed E-state index contributed by atoms with van der Waals surface area (Å²) in [6.07, 6.45) is 1.45. The summed E-state index contributed by atoms with van der Waals surface area (Å²) in [7, 11) is 0. The number of amides is 1. The Balaban J connectivity index is 1.54. The molecule has 0 aliphatic carbocycles. The zero-order valence-electron chi connectivity index (χ0n) is 14.8. The molecular formula is C20H21N3O3. The van der Waals surface area contributed by atoms with E-state index in [0.29, 0.717) is 12.2 Å². The number of esters is 1. The van der Waals surface area contributed by atoms with E-state index in [4.69, 9.17) is 4.74 Å². The molecule has 1 N–H and O–H groups in total. The molecule has 1 atom stereocenters. The fourth-order valence-electron chi connectivity index (χ4n) is 2.64. The van der Waals surface area contributed by atoms with E-state index in [1.54, 1.807) is 17.5 Å². The second kappa shape index (κ2) is 7.82. The predicted octanol–water partition coefficient (Wildman–Crippen LogP) is 2.55. The molecule has 1 amide bonds. The lowest BCUT2D eigenvalue weighted by Crippen LogP contribution is -2.37. The molecule has 0 spiro atoms. The first-order valence-corrected chi connectivity index (χ1v) is 8.52. The Bertz CT molecular complexity index is 918. The van der Waals surface area contributed by atoms with E-state index in [2.05, 4.69) is 10.3 Å². The third-order valence-electron chi connectivity index (χ3n) is 4.11. The van der Waals surface area contributed by atoms with Gasteiger partial charge in [0.1, 0.15) is 5.65 Å². The van der Waals surface area contributed by atoms with Crippen LogP contribution in [-0.4, -0.2) is 33.9 Å². The highest BCUT2D eigenvalue weighted by Crippen LogP contribution is 2.10. The van der Waals surface area contributed by atoms with Gasteiger partial charge in [0.2, 0.25) is 0 Å². The van der Waals surface area contributed by atoms with E-state index in [9.17, 15) is 9.59 Å². The first kappa shape index (κ1) is 17.7. The molecule has 26 heavy (non-hydrogen) atoms. The molecule has 0 saturated heterocycles. The van der Waals surface area contributed by atoms with E-state index in [1.165, 1.54) is 0 Å². The maximum absolute atomic E-state index is 12.3. The summed E-state index contributed by atoms with van der Waals surface area (Å²) in [4.78, 5) is 28.6. The number of carbonyl (C=O) groups excluding carboxylic acids is 2. The van der Waals surface area contributed by atoms with E-state index < -0.39 is 12.1 Å². The van der Waals surface area contributed by atoms with Crippen LogP contribution in [0, 0.1) is 6.92 Å². The van der Waals surface area contributed by atoms with Crippen LogP contribution in [0.1, 0.15) is 28.7 Å². The van der Waals surface area contributed by atoms with E-state index in [1.807, 2.05) is 55.5 Å². The number of imidazole rings is 1. The number of hydrogen-bond donors (Lipinski definition) is 1. The number of nitrogens with one attached hydrogen (secondary N) is 1. The minimum atomic E-state index is -0.885. The molecule has 134 valence electrons. The van der Waals surface area contributed by atoms with Gasteiger partial charge in [-0.15, -0.1) is 0 Å². The Morgan fingerprint density at radius 3 is 2.65 bits per heavy atom. The molecule has 0 aliphatic heterocycles. The zero-order valence-corrected chi connectivity index (χ0v) is 14.8. The second-order valence-corrected chi connectivity index (χ2v) is 6.10. The van der Waals surface area contributed by atoms with Gasteiger partial charge in [0.05, 0.1) is 0 Å². The number of ether oxygens (including phenoxy) is 1. The monoisotopic (exact) mass is 351 g/mol. The fourth-order valence-corrected chi connectivity index (χ4v) is 2.64. The molecule has 0 unspecified atom stereocenters. The fraction of sp³-hybridized carbons (Fsp3) is 0.250. The van der Waals surface area contributed by atoms with Crippen LogP contribution in [0.15, 0.2) is 54.7 Å². The molecule has 3 rings (SSSR count). The van der Waals surface area contributed by atoms with Gasteiger partial charge in [-0.25, -0.2) is 9.78 Å². The number of rotatable bonds is 6. The van der Waals surface area contributed by atoms with E-state index in [0.717, 1.165) is 17.7 Å². The Labute approximate surface area is 151 Å². The highest BCUT2D eigenvalue weighted by molar-refractivity contribution is 5.91. The lowest BCUT2D eigenvalue weighted by Gasteiger charge is -2.12. The van der Waals surface area contributed by atoms with Crippen molar-refractivity contribution in [2.75, 3.05) is 6.54 Å². The van der Waals surface area contributed by atoms with Crippen LogP contribution < -0.4 is 5.32 Å². The maximum Gasteiger partial charge on any atom is 0.359 e. The van der Waals surface area contributed by atoms with Gasteiger partial charge >= 0.3 is 5.97 Å². The van der Waals surface area contributed by atoms with Crippen LogP contribution in [0.2, 0.25) is 0 Å². The van der Waals surface area contributed by atoms with Crippen molar-refractivity contribution in [1.29, 1.82) is 0 Å². The number of nitrogens with zero attached hydrogens (tertiary/aromatic N) is 2. The van der Waals surface area contributed by atoms with Gasteiger partial charge in [-0.2, -0.15) is 0 Å². The van der Waals surface area contributed by atoms with Gasteiger partial charge in [0.25, 0.3) is 5.91 Å². The molecule has 6 nitrogen and oxygen atoms in total. The summed E-state index contributed by atoms with van der Waals surface area (Å²) in [6.45, 7) is 3.96. The zero-order chi connectivity index (χ0) is 18.5. The Morgan fingerprint density at radius 1 is 1.15 bits per heavy atom. The van der Waals surface area contributed by atoms with E-state index >= 15 is 0 Å².